The Morgan fingerprint density at radius 2 is 1.97 bits per heavy atom. The van der Waals surface area contributed by atoms with Gasteiger partial charge in [-0.3, -0.25) is 4.79 Å². The maximum atomic E-state index is 13.3. The number of ether oxygens (including phenoxy) is 1. The Morgan fingerprint density at radius 1 is 1.24 bits per heavy atom. The lowest BCUT2D eigenvalue weighted by atomic mass is 10.1. The van der Waals surface area contributed by atoms with E-state index in [4.69, 9.17) is 15.9 Å². The second-order valence-corrected chi connectivity index (χ2v) is 9.19. The number of nitrogens with zero attached hydrogens (tertiary/aromatic N) is 6. The third-order valence-electron chi connectivity index (χ3n) is 6.73. The van der Waals surface area contributed by atoms with Gasteiger partial charge in [0.05, 0.1) is 26.7 Å². The Bertz CT molecular complexity index is 1410. The molecular formula is C25H27F2N9O2. The number of benzene rings is 1. The predicted octanol–water partition coefficient (Wildman–Crippen LogP) is 2.57. The quantitative estimate of drug-likeness (QED) is 0.402. The van der Waals surface area contributed by atoms with Gasteiger partial charge in [-0.2, -0.15) is 4.98 Å². The van der Waals surface area contributed by atoms with Crippen molar-refractivity contribution < 1.29 is 18.3 Å². The predicted molar refractivity (Wildman–Crippen MR) is 138 cm³/mol. The summed E-state index contributed by atoms with van der Waals surface area (Å²) in [7, 11) is 3.24. The second kappa shape index (κ2) is 9.72. The molecule has 1 amide bonds. The molecule has 2 aliphatic heterocycles. The molecule has 4 heterocycles. The molecule has 0 unspecified atom stereocenters. The number of likely N-dealkylation sites (tertiary alicyclic amines) is 1. The average molecular weight is 524 g/mol. The average Bonchev–Trinajstić information content (AvgIpc) is 3.24. The van der Waals surface area contributed by atoms with Crippen LogP contribution in [0.3, 0.4) is 0 Å². The lowest BCUT2D eigenvalue weighted by Crippen LogP contribution is -2.58. The fourth-order valence-electron chi connectivity index (χ4n) is 4.61. The van der Waals surface area contributed by atoms with E-state index in [9.17, 15) is 13.6 Å². The maximum Gasteiger partial charge on any atom is 0.282 e. The number of nitrogens with one attached hydrogen (secondary N) is 2. The summed E-state index contributed by atoms with van der Waals surface area (Å²) < 4.78 is 33.7. The van der Waals surface area contributed by atoms with Crippen molar-refractivity contribution in [1.29, 1.82) is 5.41 Å². The molecule has 0 aliphatic carbocycles. The summed E-state index contributed by atoms with van der Waals surface area (Å²) in [4.78, 5) is 20.5. The fourth-order valence-corrected chi connectivity index (χ4v) is 4.61. The maximum absolute atomic E-state index is 13.3. The molecule has 0 radical (unpaired) electrons. The van der Waals surface area contributed by atoms with Crippen molar-refractivity contribution in [3.8, 4) is 5.88 Å². The molecule has 1 aromatic carbocycles. The smallest absolute Gasteiger partial charge is 0.282 e. The van der Waals surface area contributed by atoms with Gasteiger partial charge >= 0.3 is 0 Å². The molecule has 11 nitrogen and oxygen atoms in total. The SMILES string of the molecule is COc1nnc(N2CCc3cc(C(=O)N4CC(F)(F)C4)n(C)c3C2)nc1Nc1ccc(/C(C=N)=C/N)cc1. The number of carbonyl (C=O) groups is 1. The van der Waals surface area contributed by atoms with Crippen molar-refractivity contribution in [2.24, 2.45) is 12.8 Å². The van der Waals surface area contributed by atoms with E-state index in [1.54, 1.807) is 17.7 Å². The molecule has 38 heavy (non-hydrogen) atoms. The summed E-state index contributed by atoms with van der Waals surface area (Å²) in [6.07, 6.45) is 3.19. The molecule has 13 heteroatoms. The van der Waals surface area contributed by atoms with Gasteiger partial charge in [0.15, 0.2) is 5.82 Å². The lowest BCUT2D eigenvalue weighted by molar-refractivity contribution is -0.113. The molecule has 0 bridgehead atoms. The van der Waals surface area contributed by atoms with Crippen LogP contribution in [0, 0.1) is 5.41 Å². The van der Waals surface area contributed by atoms with Crippen LogP contribution in [0.25, 0.3) is 5.57 Å². The monoisotopic (exact) mass is 523 g/mol. The van der Waals surface area contributed by atoms with Gasteiger partial charge in [-0.25, -0.2) is 8.78 Å². The van der Waals surface area contributed by atoms with E-state index in [0.29, 0.717) is 42.5 Å². The molecule has 3 aromatic rings. The van der Waals surface area contributed by atoms with Gasteiger partial charge in [-0.05, 0) is 35.7 Å². The van der Waals surface area contributed by atoms with E-state index in [2.05, 4.69) is 20.5 Å². The summed E-state index contributed by atoms with van der Waals surface area (Å²) >= 11 is 0. The largest absolute Gasteiger partial charge is 0.477 e. The van der Waals surface area contributed by atoms with Crippen molar-refractivity contribution in [3.05, 3.63) is 59.0 Å². The van der Waals surface area contributed by atoms with E-state index in [1.165, 1.54) is 19.5 Å². The number of amides is 1. The molecule has 2 aromatic heterocycles. The first kappa shape index (κ1) is 25.1. The summed E-state index contributed by atoms with van der Waals surface area (Å²) in [5, 5.41) is 19.1. The number of alkyl halides is 2. The number of halogens is 2. The molecule has 198 valence electrons. The highest BCUT2D eigenvalue weighted by molar-refractivity contribution is 6.08. The minimum Gasteiger partial charge on any atom is -0.477 e. The zero-order valence-corrected chi connectivity index (χ0v) is 20.9. The van der Waals surface area contributed by atoms with Crippen LogP contribution in [-0.2, 0) is 20.0 Å². The van der Waals surface area contributed by atoms with Crippen LogP contribution in [0.4, 0.5) is 26.2 Å². The third-order valence-corrected chi connectivity index (χ3v) is 6.73. The number of allylic oxidation sites excluding steroid dienone is 1. The van der Waals surface area contributed by atoms with Crippen molar-refractivity contribution in [2.45, 2.75) is 18.9 Å². The molecule has 2 aliphatic rings. The van der Waals surface area contributed by atoms with Crippen LogP contribution < -0.4 is 20.7 Å². The molecule has 4 N–H and O–H groups in total. The first-order valence-corrected chi connectivity index (χ1v) is 11.9. The highest BCUT2D eigenvalue weighted by atomic mass is 19.3. The Kier molecular flexibility index (Phi) is 6.43. The highest BCUT2D eigenvalue weighted by Gasteiger charge is 2.47. The molecule has 5 rings (SSSR count). The molecular weight excluding hydrogens is 496 g/mol. The summed E-state index contributed by atoms with van der Waals surface area (Å²) in [6.45, 7) is -0.0852. The topological polar surface area (TPSA) is 138 Å². The first-order valence-electron chi connectivity index (χ1n) is 11.9. The van der Waals surface area contributed by atoms with Crippen LogP contribution in [-0.4, -0.2) is 69.4 Å². The summed E-state index contributed by atoms with van der Waals surface area (Å²) in [5.41, 5.74) is 9.97. The number of hydrogen-bond acceptors (Lipinski definition) is 9. The van der Waals surface area contributed by atoms with Crippen LogP contribution in [0.15, 0.2) is 36.5 Å². The number of carbonyl (C=O) groups excluding carboxylic acids is 1. The van der Waals surface area contributed by atoms with Crippen molar-refractivity contribution >= 4 is 35.1 Å². The first-order chi connectivity index (χ1) is 18.2. The van der Waals surface area contributed by atoms with Gasteiger partial charge in [0.2, 0.25) is 5.95 Å². The van der Waals surface area contributed by atoms with Crippen LogP contribution >= 0.6 is 0 Å². The number of aromatic nitrogens is 4. The highest BCUT2D eigenvalue weighted by Crippen LogP contribution is 2.31. The van der Waals surface area contributed by atoms with Crippen LogP contribution in [0.2, 0.25) is 0 Å². The summed E-state index contributed by atoms with van der Waals surface area (Å²) in [6, 6.07) is 9.10. The van der Waals surface area contributed by atoms with Gasteiger partial charge in [0.25, 0.3) is 17.7 Å². The second-order valence-electron chi connectivity index (χ2n) is 9.19. The Morgan fingerprint density at radius 3 is 2.61 bits per heavy atom. The van der Waals surface area contributed by atoms with E-state index >= 15 is 0 Å². The zero-order valence-electron chi connectivity index (χ0n) is 20.9. The van der Waals surface area contributed by atoms with Crippen molar-refractivity contribution in [2.75, 3.05) is 37.0 Å². The minimum atomic E-state index is -2.81. The Labute approximate surface area is 217 Å². The van der Waals surface area contributed by atoms with Gasteiger partial charge < -0.3 is 35.6 Å². The Hall–Kier alpha value is -4.55. The van der Waals surface area contributed by atoms with Gasteiger partial charge in [-0.1, -0.05) is 12.1 Å². The van der Waals surface area contributed by atoms with Gasteiger partial charge in [0, 0.05) is 43.0 Å². The standard InChI is InChI=1S/C25H27F2N9O2/c1-34-19(23(37)36-13-25(26,27)14-36)9-16-7-8-35(12-20(16)34)24-31-21(22(38-2)32-33-24)30-18-5-3-15(4-6-18)17(10-28)11-29/h3-6,9-11,28H,7-8,12-14,29H2,1-2H3,(H,30,31,33)/b17-11+,28-10?. The number of methoxy groups -OCH3 is 1. The van der Waals surface area contributed by atoms with E-state index in [-0.39, 0.29) is 5.88 Å². The minimum absolute atomic E-state index is 0.218. The molecule has 1 fully saturated rings. The third kappa shape index (κ3) is 4.62. The van der Waals surface area contributed by atoms with E-state index in [1.807, 2.05) is 29.2 Å². The zero-order chi connectivity index (χ0) is 27.0. The van der Waals surface area contributed by atoms with Crippen molar-refractivity contribution in [3.63, 3.8) is 0 Å². The number of anilines is 3. The van der Waals surface area contributed by atoms with E-state index in [0.717, 1.165) is 27.4 Å². The molecule has 0 spiro atoms. The van der Waals surface area contributed by atoms with Crippen LogP contribution in [0.1, 0.15) is 27.3 Å². The fraction of sp³-hybridized carbons (Fsp3) is 0.320. The normalized spacial score (nSPS) is 16.5. The van der Waals surface area contributed by atoms with Gasteiger partial charge in [-0.15, -0.1) is 10.2 Å². The van der Waals surface area contributed by atoms with Crippen molar-refractivity contribution in [1.82, 2.24) is 24.6 Å². The number of rotatable bonds is 7. The van der Waals surface area contributed by atoms with Gasteiger partial charge in [0.1, 0.15) is 5.69 Å². The Balaban J connectivity index is 1.35. The molecule has 0 atom stereocenters. The number of hydrogen-bond donors (Lipinski definition) is 3. The van der Waals surface area contributed by atoms with Crippen LogP contribution in [0.5, 0.6) is 5.88 Å². The molecule has 0 saturated carbocycles. The molecule has 1 saturated heterocycles. The summed E-state index contributed by atoms with van der Waals surface area (Å²) in [5.74, 6) is -2.23. The van der Waals surface area contributed by atoms with E-state index < -0.39 is 24.9 Å². The number of nitrogens with two attached hydrogens (primary N) is 1. The lowest BCUT2D eigenvalue weighted by Gasteiger charge is -2.38. The number of fused-ring (bicyclic) bond motifs is 1.